The molecule has 0 amide bonds. The minimum atomic E-state index is -0.628. The van der Waals surface area contributed by atoms with Crippen molar-refractivity contribution in [3.05, 3.63) is 6.73 Å². The second-order valence-electron chi connectivity index (χ2n) is 1.63. The van der Waals surface area contributed by atoms with E-state index < -0.39 is 2.33 Å². The monoisotopic (exact) mass is 322 g/mol. The summed E-state index contributed by atoms with van der Waals surface area (Å²) in [5.41, 5.74) is 0. The smallest absolute Gasteiger partial charge is 0.235 e. The van der Waals surface area contributed by atoms with Crippen molar-refractivity contribution in [2.24, 2.45) is 0 Å². The molecule has 0 rings (SSSR count). The molecule has 2 nitrogen and oxygen atoms in total. The summed E-state index contributed by atoms with van der Waals surface area (Å²) in [7, 11) is 3.75. The van der Waals surface area contributed by atoms with E-state index in [1.165, 1.54) is 0 Å². The van der Waals surface area contributed by atoms with Crippen molar-refractivity contribution in [3.63, 3.8) is 0 Å². The molecule has 0 aliphatic rings. The number of alkyl halides is 3. The highest BCUT2D eigenvalue weighted by atomic mass is 80.0. The molecule has 0 atom stereocenters. The van der Waals surface area contributed by atoms with Gasteiger partial charge in [-0.05, 0) is 61.9 Å². The molecule has 0 aliphatic heterocycles. The highest BCUT2D eigenvalue weighted by Gasteiger charge is 2.17. The molecule has 0 aromatic heterocycles. The van der Waals surface area contributed by atoms with E-state index >= 15 is 0 Å². The van der Waals surface area contributed by atoms with Crippen molar-refractivity contribution in [3.8, 4) is 0 Å². The van der Waals surface area contributed by atoms with Gasteiger partial charge in [-0.25, -0.2) is 0 Å². The van der Waals surface area contributed by atoms with E-state index in [2.05, 4.69) is 47.8 Å². The summed E-state index contributed by atoms with van der Waals surface area (Å²) in [6.45, 7) is 1.57. The van der Waals surface area contributed by atoms with Gasteiger partial charge in [0, 0.05) is 0 Å². The van der Waals surface area contributed by atoms with Crippen LogP contribution in [0.2, 0.25) is 0 Å². The maximum atomic E-state index is 5.04. The number of rotatable bonds is 2. The Labute approximate surface area is 80.3 Å². The number of hydrogen-bond acceptors (Lipinski definition) is 2. The zero-order valence-corrected chi connectivity index (χ0v) is 9.82. The first kappa shape index (κ1) is 10.4. The topological polar surface area (TPSA) is 12.5 Å². The maximum absolute atomic E-state index is 5.04. The van der Waals surface area contributed by atoms with Crippen LogP contribution in [0, 0.1) is 6.73 Å². The Bertz CT molecular complexity index is 80.4. The van der Waals surface area contributed by atoms with Gasteiger partial charge in [0.05, 0.1) is 0 Å². The van der Waals surface area contributed by atoms with E-state index in [0.717, 1.165) is 0 Å². The third-order valence-corrected chi connectivity index (χ3v) is 0.958. The average molecular weight is 325 g/mol. The first-order valence-electron chi connectivity index (χ1n) is 2.16. The summed E-state index contributed by atoms with van der Waals surface area (Å²) in [6.07, 6.45) is 0. The van der Waals surface area contributed by atoms with Gasteiger partial charge in [-0.15, -0.1) is 0 Å². The second-order valence-corrected chi connectivity index (χ2v) is 8.18. The number of ether oxygens (including phenoxy) is 1. The van der Waals surface area contributed by atoms with Crippen molar-refractivity contribution in [1.82, 2.24) is 4.90 Å². The fourth-order valence-electron chi connectivity index (χ4n) is 0.165. The molecule has 0 aliphatic carbocycles. The van der Waals surface area contributed by atoms with Gasteiger partial charge in [0.1, 0.15) is 0 Å². The van der Waals surface area contributed by atoms with Crippen molar-refractivity contribution in [1.29, 1.82) is 0 Å². The number of nitrogens with zero attached hydrogens (tertiary/aromatic N) is 1. The van der Waals surface area contributed by atoms with Crippen LogP contribution in [0.4, 0.5) is 0 Å². The van der Waals surface area contributed by atoms with Crippen LogP contribution in [0.1, 0.15) is 0 Å². The van der Waals surface area contributed by atoms with Gasteiger partial charge in [-0.2, -0.15) is 0 Å². The lowest BCUT2D eigenvalue weighted by molar-refractivity contribution is 0.145. The second kappa shape index (κ2) is 4.28. The Morgan fingerprint density at radius 3 is 1.89 bits per heavy atom. The fraction of sp³-hybridized carbons (Fsp3) is 0.750. The summed E-state index contributed by atoms with van der Waals surface area (Å²) >= 11 is 9.48. The van der Waals surface area contributed by atoms with Gasteiger partial charge in [0.25, 0.3) is 0 Å². The third kappa shape index (κ3) is 9.36. The zero-order valence-electron chi connectivity index (χ0n) is 5.07. The third-order valence-electron chi connectivity index (χ3n) is 0.397. The van der Waals surface area contributed by atoms with Crippen molar-refractivity contribution in [2.75, 3.05) is 14.1 Å². The van der Waals surface area contributed by atoms with Crippen LogP contribution in [-0.2, 0) is 4.74 Å². The molecule has 55 valence electrons. The Morgan fingerprint density at radius 2 is 1.78 bits per heavy atom. The van der Waals surface area contributed by atoms with E-state index in [1.54, 1.807) is 11.6 Å². The quantitative estimate of drug-likeness (QED) is 0.724. The minimum Gasteiger partial charge on any atom is -0.322 e. The van der Waals surface area contributed by atoms with Crippen LogP contribution in [0.3, 0.4) is 0 Å². The van der Waals surface area contributed by atoms with Crippen LogP contribution < -0.4 is 0 Å². The number of halogens is 3. The fourth-order valence-corrected chi connectivity index (χ4v) is 0.416. The average Bonchev–Trinajstić information content (AvgIpc) is 1.59. The molecule has 0 spiro atoms. The predicted octanol–water partition coefficient (Wildman–Crippen LogP) is 2.48. The maximum Gasteiger partial charge on any atom is 0.235 e. The molecule has 0 unspecified atom stereocenters. The minimum absolute atomic E-state index is 0.628. The molecular weight excluding hydrogens is 318 g/mol. The first-order valence-corrected chi connectivity index (χ1v) is 4.54. The molecule has 0 saturated heterocycles. The lowest BCUT2D eigenvalue weighted by Gasteiger charge is -2.15. The van der Waals surface area contributed by atoms with Gasteiger partial charge < -0.3 is 4.74 Å². The Morgan fingerprint density at radius 1 is 1.33 bits per heavy atom. The van der Waals surface area contributed by atoms with Crippen molar-refractivity contribution >= 4 is 47.8 Å². The molecule has 9 heavy (non-hydrogen) atoms. The molecule has 0 bridgehead atoms. The normalized spacial score (nSPS) is 12.7. The Hall–Kier alpha value is 1.36. The molecule has 0 heterocycles. The van der Waals surface area contributed by atoms with Gasteiger partial charge in [0.15, 0.2) is 6.73 Å². The molecule has 0 aromatic rings. The van der Waals surface area contributed by atoms with Crippen LogP contribution in [0.25, 0.3) is 0 Å². The van der Waals surface area contributed by atoms with Crippen LogP contribution >= 0.6 is 47.8 Å². The standard InChI is InChI=1S/C4H7Br3NO/c1-8(2)3-9-4(5,6)7/h3H,1-2H3. The molecule has 1 radical (unpaired) electrons. The molecule has 0 N–H and O–H groups in total. The van der Waals surface area contributed by atoms with Crippen LogP contribution in [0.5, 0.6) is 0 Å². The predicted molar refractivity (Wildman–Crippen MR) is 48.6 cm³/mol. The van der Waals surface area contributed by atoms with E-state index in [4.69, 9.17) is 4.74 Å². The van der Waals surface area contributed by atoms with Crippen LogP contribution in [-0.4, -0.2) is 21.3 Å². The molecule has 0 fully saturated rings. The molecule has 0 aromatic carbocycles. The highest BCUT2D eigenvalue weighted by molar-refractivity contribution is 9.39. The molecule has 0 saturated carbocycles. The summed E-state index contributed by atoms with van der Waals surface area (Å²) in [4.78, 5) is 1.79. The van der Waals surface area contributed by atoms with E-state index in [-0.39, 0.29) is 0 Å². The largest absolute Gasteiger partial charge is 0.322 e. The Kier molecular flexibility index (Phi) is 4.93. The van der Waals surface area contributed by atoms with Crippen molar-refractivity contribution < 1.29 is 4.74 Å². The molecule has 5 heteroatoms. The Balaban J connectivity index is 3.28. The van der Waals surface area contributed by atoms with Gasteiger partial charge in [0.2, 0.25) is 2.33 Å². The van der Waals surface area contributed by atoms with Crippen LogP contribution in [0.15, 0.2) is 0 Å². The lowest BCUT2D eigenvalue weighted by Crippen LogP contribution is -2.15. The van der Waals surface area contributed by atoms with E-state index in [0.29, 0.717) is 0 Å². The number of hydrogen-bond donors (Lipinski definition) is 0. The summed E-state index contributed by atoms with van der Waals surface area (Å²) in [5.74, 6) is 0. The first-order chi connectivity index (χ1) is 3.92. The lowest BCUT2D eigenvalue weighted by atomic mass is 10.9. The summed E-state index contributed by atoms with van der Waals surface area (Å²) < 4.78 is 4.41. The summed E-state index contributed by atoms with van der Waals surface area (Å²) in [5, 5.41) is 0. The molecular formula is C4H7Br3NO. The van der Waals surface area contributed by atoms with Gasteiger partial charge in [-0.1, -0.05) is 0 Å². The summed E-state index contributed by atoms with van der Waals surface area (Å²) in [6, 6.07) is 0. The van der Waals surface area contributed by atoms with Gasteiger partial charge in [-0.3, -0.25) is 4.90 Å². The highest BCUT2D eigenvalue weighted by Crippen LogP contribution is 2.35. The SMILES string of the molecule is CN(C)[CH]OC(Br)(Br)Br. The van der Waals surface area contributed by atoms with E-state index in [9.17, 15) is 0 Å². The van der Waals surface area contributed by atoms with E-state index in [1.807, 2.05) is 14.1 Å². The van der Waals surface area contributed by atoms with Crippen molar-refractivity contribution in [2.45, 2.75) is 2.33 Å². The van der Waals surface area contributed by atoms with Gasteiger partial charge >= 0.3 is 0 Å². The zero-order chi connectivity index (χ0) is 7.49.